The molecule has 2 bridgehead atoms. The Morgan fingerprint density at radius 3 is 2.42 bits per heavy atom. The van der Waals surface area contributed by atoms with Gasteiger partial charge in [0.15, 0.2) is 12.1 Å². The van der Waals surface area contributed by atoms with Gasteiger partial charge in [-0.1, -0.05) is 65.8 Å². The van der Waals surface area contributed by atoms with Crippen molar-refractivity contribution in [2.24, 2.45) is 35.3 Å². The average Bonchev–Trinajstić information content (AvgIpc) is 3.09. The summed E-state index contributed by atoms with van der Waals surface area (Å²) >= 11 is 0. The third-order valence-electron chi connectivity index (χ3n) is 11.2. The van der Waals surface area contributed by atoms with Gasteiger partial charge >= 0.3 is 12.1 Å². The SMILES string of the molecule is CCC(=O)C(C)C(O)C(C)CC(C)C1OC(=O)C[C@@]2(O)CC=C(C)C(O2)C(C)=CCCCC(OC2CC(OC(N)=O)C(O)C(C)O2)C=CC(C)CC1C. The number of ketones is 1. The van der Waals surface area contributed by atoms with Gasteiger partial charge in [-0.2, -0.15) is 0 Å². The van der Waals surface area contributed by atoms with Crippen LogP contribution in [-0.4, -0.2) is 88.0 Å². The summed E-state index contributed by atoms with van der Waals surface area (Å²) in [5.41, 5.74) is 7.13. The largest absolute Gasteiger partial charge is 0.462 e. The van der Waals surface area contributed by atoms with Gasteiger partial charge in [0.1, 0.15) is 30.2 Å². The third kappa shape index (κ3) is 13.3. The zero-order valence-electron chi connectivity index (χ0n) is 33.4. The van der Waals surface area contributed by atoms with E-state index in [1.54, 1.807) is 20.8 Å². The van der Waals surface area contributed by atoms with E-state index in [1.165, 1.54) is 0 Å². The molecule has 1 fully saturated rings. The van der Waals surface area contributed by atoms with Crippen molar-refractivity contribution in [3.63, 3.8) is 0 Å². The van der Waals surface area contributed by atoms with Crippen molar-refractivity contribution in [3.8, 4) is 0 Å². The third-order valence-corrected chi connectivity index (χ3v) is 11.2. The maximum Gasteiger partial charge on any atom is 0.404 e. The van der Waals surface area contributed by atoms with Crippen molar-refractivity contribution in [2.75, 3.05) is 0 Å². The van der Waals surface area contributed by atoms with Gasteiger partial charge in [-0.15, -0.1) is 0 Å². The van der Waals surface area contributed by atoms with Crippen LogP contribution in [0, 0.1) is 29.6 Å². The van der Waals surface area contributed by atoms with Crippen molar-refractivity contribution in [2.45, 2.75) is 175 Å². The first-order valence-corrected chi connectivity index (χ1v) is 19.6. The molecule has 3 aliphatic rings. The summed E-state index contributed by atoms with van der Waals surface area (Å²) in [6.07, 6.45) is 5.26. The molecule has 0 saturated carbocycles. The second kappa shape index (κ2) is 20.3. The number of rotatable bonds is 10. The number of allylic oxidation sites excluding steroid dienone is 2. The van der Waals surface area contributed by atoms with Gasteiger partial charge in [-0.25, -0.2) is 4.79 Å². The van der Waals surface area contributed by atoms with Crippen LogP contribution in [0.3, 0.4) is 0 Å². The van der Waals surface area contributed by atoms with E-state index in [-0.39, 0.29) is 54.8 Å². The minimum absolute atomic E-state index is 0.00488. The molecule has 302 valence electrons. The molecule has 0 aromatic carbocycles. The number of carbonyl (C=O) groups excluding carboxylic acids is 3. The second-order valence-corrected chi connectivity index (χ2v) is 16.1. The minimum Gasteiger partial charge on any atom is -0.462 e. The smallest absolute Gasteiger partial charge is 0.404 e. The molecule has 13 unspecified atom stereocenters. The lowest BCUT2D eigenvalue weighted by molar-refractivity contribution is -0.254. The van der Waals surface area contributed by atoms with Crippen LogP contribution in [0.1, 0.15) is 120 Å². The summed E-state index contributed by atoms with van der Waals surface area (Å²) in [6.45, 7) is 17.2. The number of primary amides is 1. The molecule has 53 heavy (non-hydrogen) atoms. The molecule has 3 aliphatic heterocycles. The number of esters is 1. The van der Waals surface area contributed by atoms with E-state index in [9.17, 15) is 29.7 Å². The number of aliphatic hydroxyl groups excluding tert-OH is 2. The highest BCUT2D eigenvalue weighted by Crippen LogP contribution is 2.35. The van der Waals surface area contributed by atoms with Gasteiger partial charge in [-0.3, -0.25) is 9.59 Å². The number of ether oxygens (including phenoxy) is 5. The molecule has 0 aliphatic carbocycles. The number of hydrogen-bond acceptors (Lipinski definition) is 11. The molecule has 0 aromatic heterocycles. The van der Waals surface area contributed by atoms with Gasteiger partial charge in [0.2, 0.25) is 0 Å². The van der Waals surface area contributed by atoms with E-state index in [0.717, 1.165) is 17.6 Å². The van der Waals surface area contributed by atoms with Crippen LogP contribution in [0.2, 0.25) is 0 Å². The Bertz CT molecular complexity index is 1310. The summed E-state index contributed by atoms with van der Waals surface area (Å²) < 4.78 is 30.0. The highest BCUT2D eigenvalue weighted by atomic mass is 16.7. The predicted octanol–water partition coefficient (Wildman–Crippen LogP) is 6.04. The number of fused-ring (bicyclic) bond motifs is 2. The van der Waals surface area contributed by atoms with Crippen molar-refractivity contribution >= 4 is 17.8 Å². The second-order valence-electron chi connectivity index (χ2n) is 16.1. The highest BCUT2D eigenvalue weighted by Gasteiger charge is 2.41. The van der Waals surface area contributed by atoms with Gasteiger partial charge in [0.05, 0.1) is 24.7 Å². The number of carbonyl (C=O) groups is 3. The molecule has 0 aromatic rings. The van der Waals surface area contributed by atoms with Crippen molar-refractivity contribution < 1.29 is 53.4 Å². The van der Waals surface area contributed by atoms with Crippen LogP contribution >= 0.6 is 0 Å². The normalized spacial score (nSPS) is 36.0. The molecular weight excluding hydrogens is 682 g/mol. The molecule has 3 rings (SSSR count). The summed E-state index contributed by atoms with van der Waals surface area (Å²) in [7, 11) is 0. The monoisotopic (exact) mass is 749 g/mol. The Kier molecular flexibility index (Phi) is 17.2. The topological polar surface area (TPSA) is 184 Å². The van der Waals surface area contributed by atoms with E-state index in [0.29, 0.717) is 32.1 Å². The van der Waals surface area contributed by atoms with Crippen LogP contribution in [0.25, 0.3) is 0 Å². The maximum atomic E-state index is 13.6. The zero-order valence-corrected chi connectivity index (χ0v) is 33.4. The van der Waals surface area contributed by atoms with Gasteiger partial charge in [-0.05, 0) is 87.7 Å². The Morgan fingerprint density at radius 1 is 1.08 bits per heavy atom. The molecule has 5 N–H and O–H groups in total. The van der Waals surface area contributed by atoms with Gasteiger partial charge in [0.25, 0.3) is 0 Å². The van der Waals surface area contributed by atoms with E-state index >= 15 is 0 Å². The summed E-state index contributed by atoms with van der Waals surface area (Å²) in [4.78, 5) is 37.5. The number of aliphatic hydroxyl groups is 3. The summed E-state index contributed by atoms with van der Waals surface area (Å²) in [6, 6.07) is 0. The van der Waals surface area contributed by atoms with Crippen molar-refractivity contribution in [3.05, 3.63) is 35.5 Å². The molecule has 3 heterocycles. The molecule has 12 nitrogen and oxygen atoms in total. The van der Waals surface area contributed by atoms with E-state index in [1.807, 2.05) is 46.8 Å². The number of Topliss-reactive ketones (excluding diaryl/α,β-unsaturated/α-hetero) is 1. The van der Waals surface area contributed by atoms with Crippen LogP contribution in [0.5, 0.6) is 0 Å². The highest BCUT2D eigenvalue weighted by molar-refractivity contribution is 5.80. The predicted molar refractivity (Wildman–Crippen MR) is 200 cm³/mol. The zero-order chi connectivity index (χ0) is 39.6. The molecule has 0 spiro atoms. The lowest BCUT2D eigenvalue weighted by Crippen LogP contribution is -2.50. The van der Waals surface area contributed by atoms with E-state index in [4.69, 9.17) is 29.4 Å². The summed E-state index contributed by atoms with van der Waals surface area (Å²) in [5, 5.41) is 33.1. The molecule has 14 atom stereocenters. The van der Waals surface area contributed by atoms with E-state index < -0.39 is 66.7 Å². The number of cyclic esters (lactones) is 1. The van der Waals surface area contributed by atoms with Crippen molar-refractivity contribution in [1.29, 1.82) is 0 Å². The first kappa shape index (κ1) is 44.8. The molecule has 12 heteroatoms. The van der Waals surface area contributed by atoms with Crippen LogP contribution < -0.4 is 5.73 Å². The standard InChI is InChI=1S/C41H67NO11/c1-10-32(43)29(8)36(45)26(5)20-28(7)38-27(6)19-23(2)15-16-31(50-35-21-33(51-40(42)47)37(46)30(9)49-35)14-12-11-13-24(3)39-25(4)17-18-41(48,53-39)22-34(44)52-38/h13,15-17,23,26-31,33,35-39,45-46,48H,10-12,14,18-22H2,1-9H3,(H2,42,47)/t23?,26?,27?,28?,29?,30?,31?,33?,35?,36?,37?,38?,39?,41-/m1/s1. The Hall–Kier alpha value is -2.61. The van der Waals surface area contributed by atoms with Gasteiger partial charge in [0, 0.05) is 25.2 Å². The van der Waals surface area contributed by atoms with Crippen LogP contribution in [0.4, 0.5) is 4.79 Å². The Morgan fingerprint density at radius 2 is 1.75 bits per heavy atom. The van der Waals surface area contributed by atoms with E-state index in [2.05, 4.69) is 19.1 Å². The average molecular weight is 750 g/mol. The maximum absolute atomic E-state index is 13.6. The fourth-order valence-electron chi connectivity index (χ4n) is 8.07. The first-order chi connectivity index (χ1) is 24.8. The van der Waals surface area contributed by atoms with Crippen LogP contribution in [-0.2, 0) is 33.3 Å². The molecule has 0 radical (unpaired) electrons. The fourth-order valence-corrected chi connectivity index (χ4v) is 8.07. The van der Waals surface area contributed by atoms with Gasteiger partial charge < -0.3 is 44.7 Å². The Labute approximate surface area is 316 Å². The van der Waals surface area contributed by atoms with Crippen molar-refractivity contribution in [1.82, 2.24) is 0 Å². The number of nitrogens with two attached hydrogens (primary N) is 1. The fraction of sp³-hybridized carbons (Fsp3) is 0.780. The Balaban J connectivity index is 1.90. The molecule has 1 saturated heterocycles. The lowest BCUT2D eigenvalue weighted by Gasteiger charge is -2.38. The summed E-state index contributed by atoms with van der Waals surface area (Å²) in [5.74, 6) is -3.23. The quantitative estimate of drug-likeness (QED) is 0.151. The lowest BCUT2D eigenvalue weighted by atomic mass is 9.79. The molecular formula is C41H67NO11. The minimum atomic E-state index is -1.73. The number of amides is 1. The number of hydrogen-bond donors (Lipinski definition) is 4. The van der Waals surface area contributed by atoms with Crippen LogP contribution in [0.15, 0.2) is 35.5 Å². The molecule has 1 amide bonds. The first-order valence-electron chi connectivity index (χ1n) is 19.6.